The quantitative estimate of drug-likeness (QED) is 0.542. The Labute approximate surface area is 136 Å². The summed E-state index contributed by atoms with van der Waals surface area (Å²) >= 11 is 0. The lowest BCUT2D eigenvalue weighted by Crippen LogP contribution is -2.24. The molecule has 3 heteroatoms. The van der Waals surface area contributed by atoms with Gasteiger partial charge in [-0.3, -0.25) is 4.99 Å². The van der Waals surface area contributed by atoms with Crippen LogP contribution in [0.4, 0.5) is 0 Å². The Balaban J connectivity index is 2.31. The standard InChI is InChI=1S/C19H33N3/c1-19(2,3)17-10-8-16(9-11-17)14-18(21)15-22-13-7-5-4-6-12-20/h8-11,15,18H,4-7,12-14,20-21H2,1-3H3. The molecule has 0 heterocycles. The molecule has 0 aliphatic carbocycles. The minimum absolute atomic E-state index is 0.00419. The third kappa shape index (κ3) is 7.71. The monoisotopic (exact) mass is 303 g/mol. The van der Waals surface area contributed by atoms with E-state index in [9.17, 15) is 0 Å². The SMILES string of the molecule is CC(C)(C)c1ccc(CC(N)C=NCCCCCCN)cc1. The first-order valence-electron chi connectivity index (χ1n) is 8.48. The van der Waals surface area contributed by atoms with Crippen LogP contribution in [0.2, 0.25) is 0 Å². The van der Waals surface area contributed by atoms with Crippen molar-refractivity contribution in [1.29, 1.82) is 0 Å². The van der Waals surface area contributed by atoms with Gasteiger partial charge in [-0.25, -0.2) is 0 Å². The fourth-order valence-electron chi connectivity index (χ4n) is 2.38. The van der Waals surface area contributed by atoms with Gasteiger partial charge in [-0.05, 0) is 42.3 Å². The van der Waals surface area contributed by atoms with E-state index in [1.807, 2.05) is 6.21 Å². The van der Waals surface area contributed by atoms with Crippen LogP contribution in [0, 0.1) is 0 Å². The number of hydrogen-bond donors (Lipinski definition) is 2. The van der Waals surface area contributed by atoms with Crippen molar-refractivity contribution in [2.75, 3.05) is 13.1 Å². The Kier molecular flexibility index (Phi) is 8.36. The number of unbranched alkanes of at least 4 members (excludes halogenated alkanes) is 3. The molecule has 1 aromatic rings. The summed E-state index contributed by atoms with van der Waals surface area (Å²) in [7, 11) is 0. The molecule has 0 radical (unpaired) electrons. The van der Waals surface area contributed by atoms with Crippen molar-refractivity contribution < 1.29 is 0 Å². The molecule has 0 amide bonds. The highest BCUT2D eigenvalue weighted by Gasteiger charge is 2.13. The number of hydrogen-bond acceptors (Lipinski definition) is 3. The van der Waals surface area contributed by atoms with Crippen LogP contribution < -0.4 is 11.5 Å². The zero-order valence-corrected chi connectivity index (χ0v) is 14.5. The van der Waals surface area contributed by atoms with Crippen molar-refractivity contribution >= 4 is 6.21 Å². The Bertz CT molecular complexity index is 429. The Morgan fingerprint density at radius 2 is 1.68 bits per heavy atom. The van der Waals surface area contributed by atoms with Crippen LogP contribution in [0.15, 0.2) is 29.3 Å². The van der Waals surface area contributed by atoms with Gasteiger partial charge in [0.1, 0.15) is 0 Å². The molecule has 1 aromatic carbocycles. The second-order valence-corrected chi connectivity index (χ2v) is 7.07. The van der Waals surface area contributed by atoms with E-state index in [1.54, 1.807) is 0 Å². The molecule has 1 unspecified atom stereocenters. The second kappa shape index (κ2) is 9.75. The molecule has 3 nitrogen and oxygen atoms in total. The van der Waals surface area contributed by atoms with Crippen molar-refractivity contribution in [3.63, 3.8) is 0 Å². The molecule has 0 aliphatic rings. The zero-order chi connectivity index (χ0) is 16.4. The summed E-state index contributed by atoms with van der Waals surface area (Å²) in [6.07, 6.45) is 7.41. The number of benzene rings is 1. The van der Waals surface area contributed by atoms with Crippen molar-refractivity contribution in [2.24, 2.45) is 16.5 Å². The van der Waals surface area contributed by atoms with E-state index in [-0.39, 0.29) is 11.5 Å². The largest absolute Gasteiger partial charge is 0.330 e. The third-order valence-electron chi connectivity index (χ3n) is 3.83. The van der Waals surface area contributed by atoms with E-state index >= 15 is 0 Å². The molecular weight excluding hydrogens is 270 g/mol. The maximum atomic E-state index is 6.13. The predicted octanol–water partition coefficient (Wildman–Crippen LogP) is 3.44. The fraction of sp³-hybridized carbons (Fsp3) is 0.632. The molecule has 22 heavy (non-hydrogen) atoms. The summed E-state index contributed by atoms with van der Waals surface area (Å²) in [6.45, 7) is 8.36. The maximum absolute atomic E-state index is 6.13. The smallest absolute Gasteiger partial charge is 0.0435 e. The second-order valence-electron chi connectivity index (χ2n) is 7.07. The summed E-state index contributed by atoms with van der Waals surface area (Å²) in [6, 6.07) is 8.78. The highest BCUT2D eigenvalue weighted by Crippen LogP contribution is 2.22. The Morgan fingerprint density at radius 3 is 2.27 bits per heavy atom. The summed E-state index contributed by atoms with van der Waals surface area (Å²) in [5.74, 6) is 0. The van der Waals surface area contributed by atoms with Crippen LogP contribution in [-0.2, 0) is 11.8 Å². The number of rotatable bonds is 9. The number of nitrogens with two attached hydrogens (primary N) is 2. The van der Waals surface area contributed by atoms with Gasteiger partial charge in [0.25, 0.3) is 0 Å². The predicted molar refractivity (Wildman–Crippen MR) is 97.7 cm³/mol. The van der Waals surface area contributed by atoms with Crippen molar-refractivity contribution in [3.05, 3.63) is 35.4 Å². The lowest BCUT2D eigenvalue weighted by molar-refractivity contribution is 0.590. The van der Waals surface area contributed by atoms with E-state index in [4.69, 9.17) is 11.5 Å². The van der Waals surface area contributed by atoms with Gasteiger partial charge in [-0.2, -0.15) is 0 Å². The van der Waals surface area contributed by atoms with Crippen LogP contribution in [0.3, 0.4) is 0 Å². The third-order valence-corrected chi connectivity index (χ3v) is 3.83. The topological polar surface area (TPSA) is 64.4 Å². The lowest BCUT2D eigenvalue weighted by atomic mass is 9.86. The van der Waals surface area contributed by atoms with Crippen molar-refractivity contribution in [3.8, 4) is 0 Å². The molecule has 0 aliphatic heterocycles. The van der Waals surface area contributed by atoms with Crippen LogP contribution in [0.1, 0.15) is 57.6 Å². The lowest BCUT2D eigenvalue weighted by Gasteiger charge is -2.19. The highest BCUT2D eigenvalue weighted by molar-refractivity contribution is 5.64. The Morgan fingerprint density at radius 1 is 1.05 bits per heavy atom. The first kappa shape index (κ1) is 18.9. The molecule has 1 rings (SSSR count). The van der Waals surface area contributed by atoms with Gasteiger partial charge in [-0.15, -0.1) is 0 Å². The average Bonchev–Trinajstić information content (AvgIpc) is 2.46. The summed E-state index contributed by atoms with van der Waals surface area (Å²) in [5.41, 5.74) is 14.4. The first-order chi connectivity index (χ1) is 10.4. The van der Waals surface area contributed by atoms with E-state index in [2.05, 4.69) is 50.0 Å². The van der Waals surface area contributed by atoms with Crippen molar-refractivity contribution in [1.82, 2.24) is 0 Å². The maximum Gasteiger partial charge on any atom is 0.0435 e. The molecule has 0 saturated heterocycles. The van der Waals surface area contributed by atoms with Crippen LogP contribution in [-0.4, -0.2) is 25.3 Å². The first-order valence-corrected chi connectivity index (χ1v) is 8.48. The molecule has 0 bridgehead atoms. The van der Waals surface area contributed by atoms with Gasteiger partial charge in [0.2, 0.25) is 0 Å². The highest BCUT2D eigenvalue weighted by atomic mass is 14.7. The molecular formula is C19H33N3. The summed E-state index contributed by atoms with van der Waals surface area (Å²) in [4.78, 5) is 4.44. The number of aliphatic imine (C=N–C) groups is 1. The van der Waals surface area contributed by atoms with E-state index < -0.39 is 0 Å². The Hall–Kier alpha value is -1.19. The van der Waals surface area contributed by atoms with Gasteiger partial charge in [-0.1, -0.05) is 57.9 Å². The molecule has 4 N–H and O–H groups in total. The molecule has 1 atom stereocenters. The van der Waals surface area contributed by atoms with E-state index in [0.29, 0.717) is 0 Å². The number of nitrogens with zero attached hydrogens (tertiary/aromatic N) is 1. The van der Waals surface area contributed by atoms with Gasteiger partial charge in [0.05, 0.1) is 0 Å². The van der Waals surface area contributed by atoms with Crippen LogP contribution >= 0.6 is 0 Å². The van der Waals surface area contributed by atoms with E-state index in [1.165, 1.54) is 24.0 Å². The average molecular weight is 303 g/mol. The molecule has 0 saturated carbocycles. The molecule has 0 fully saturated rings. The molecule has 0 spiro atoms. The minimum Gasteiger partial charge on any atom is -0.330 e. The van der Waals surface area contributed by atoms with Gasteiger partial charge < -0.3 is 11.5 Å². The van der Waals surface area contributed by atoms with Crippen LogP contribution in [0.5, 0.6) is 0 Å². The zero-order valence-electron chi connectivity index (χ0n) is 14.5. The van der Waals surface area contributed by atoms with Gasteiger partial charge >= 0.3 is 0 Å². The van der Waals surface area contributed by atoms with Crippen LogP contribution in [0.25, 0.3) is 0 Å². The van der Waals surface area contributed by atoms with E-state index in [0.717, 1.165) is 32.4 Å². The van der Waals surface area contributed by atoms with Gasteiger partial charge in [0, 0.05) is 18.8 Å². The summed E-state index contributed by atoms with van der Waals surface area (Å²) < 4.78 is 0. The van der Waals surface area contributed by atoms with Crippen molar-refractivity contribution in [2.45, 2.75) is 64.3 Å². The normalized spacial score (nSPS) is 13.7. The molecule has 124 valence electrons. The summed E-state index contributed by atoms with van der Waals surface area (Å²) in [5, 5.41) is 0. The fourth-order valence-corrected chi connectivity index (χ4v) is 2.38. The van der Waals surface area contributed by atoms with Gasteiger partial charge in [0.15, 0.2) is 0 Å². The minimum atomic E-state index is 0.00419. The molecule has 0 aromatic heterocycles.